The molecule has 4 rings (SSSR count). The lowest BCUT2D eigenvalue weighted by atomic mass is 10.2. The number of benzene rings is 2. The second-order valence-electron chi connectivity index (χ2n) is 5.94. The van der Waals surface area contributed by atoms with E-state index < -0.39 is 15.9 Å². The molecule has 1 aliphatic heterocycles. The summed E-state index contributed by atoms with van der Waals surface area (Å²) in [4.78, 5) is 17.3. The quantitative estimate of drug-likeness (QED) is 0.653. The number of nitrogens with zero attached hydrogens (tertiary/aromatic N) is 2. The minimum atomic E-state index is -3.83. The second kappa shape index (κ2) is 6.89. The van der Waals surface area contributed by atoms with Gasteiger partial charge in [0, 0.05) is 12.1 Å². The molecule has 0 fully saturated rings. The topological polar surface area (TPSA) is 113 Å². The van der Waals surface area contributed by atoms with Gasteiger partial charge < -0.3 is 14.0 Å². The Morgan fingerprint density at radius 1 is 1.25 bits per heavy atom. The molecule has 0 saturated carbocycles. The molecule has 1 amide bonds. The van der Waals surface area contributed by atoms with Crippen LogP contribution in [0.3, 0.4) is 0 Å². The van der Waals surface area contributed by atoms with E-state index in [1.807, 2.05) is 0 Å². The van der Waals surface area contributed by atoms with Crippen molar-refractivity contribution >= 4 is 37.5 Å². The van der Waals surface area contributed by atoms with Crippen molar-refractivity contribution in [3.63, 3.8) is 0 Å². The molecule has 10 heteroatoms. The number of hydrogen-bond acceptors (Lipinski definition) is 6. The van der Waals surface area contributed by atoms with Crippen LogP contribution in [0.2, 0.25) is 0 Å². The van der Waals surface area contributed by atoms with Gasteiger partial charge in [-0.15, -0.1) is 6.58 Å². The molecule has 144 valence electrons. The summed E-state index contributed by atoms with van der Waals surface area (Å²) in [7, 11) is -3.83. The van der Waals surface area contributed by atoms with Crippen molar-refractivity contribution in [2.45, 2.75) is 11.4 Å². The standard InChI is InChI=1S/C18H15N3O5S2/c1-2-7-21-13-5-4-12(28(19,23)24)9-16(13)27-18(21)20-17(22)11-3-6-14-15(8-11)26-10-25-14/h2-6,8-9H,1,7,10H2,(H2,19,23,24). The Kier molecular flexibility index (Phi) is 4.53. The van der Waals surface area contributed by atoms with Crippen molar-refractivity contribution in [2.24, 2.45) is 10.1 Å². The third-order valence-corrected chi connectivity index (χ3v) is 6.06. The van der Waals surface area contributed by atoms with Crippen LogP contribution in [0.4, 0.5) is 0 Å². The van der Waals surface area contributed by atoms with Gasteiger partial charge in [-0.05, 0) is 36.4 Å². The third-order valence-electron chi connectivity index (χ3n) is 4.11. The summed E-state index contributed by atoms with van der Waals surface area (Å²) >= 11 is 1.19. The zero-order valence-electron chi connectivity index (χ0n) is 14.5. The van der Waals surface area contributed by atoms with Crippen molar-refractivity contribution in [1.82, 2.24) is 4.57 Å². The van der Waals surface area contributed by atoms with Gasteiger partial charge in [-0.25, -0.2) is 13.6 Å². The van der Waals surface area contributed by atoms with E-state index in [0.717, 1.165) is 5.52 Å². The van der Waals surface area contributed by atoms with E-state index in [0.29, 0.717) is 33.1 Å². The molecule has 28 heavy (non-hydrogen) atoms. The molecule has 3 aromatic rings. The number of rotatable bonds is 4. The number of nitrogens with two attached hydrogens (primary N) is 1. The Morgan fingerprint density at radius 2 is 2.04 bits per heavy atom. The molecular formula is C18H15N3O5S2. The molecule has 0 radical (unpaired) electrons. The number of carbonyl (C=O) groups excluding carboxylic acids is 1. The molecule has 0 atom stereocenters. The smallest absolute Gasteiger partial charge is 0.279 e. The molecule has 0 bridgehead atoms. The Bertz CT molecular complexity index is 1290. The van der Waals surface area contributed by atoms with Gasteiger partial charge in [0.05, 0.1) is 15.1 Å². The van der Waals surface area contributed by atoms with Crippen LogP contribution in [-0.2, 0) is 16.6 Å². The van der Waals surface area contributed by atoms with Crippen LogP contribution in [0.25, 0.3) is 10.2 Å². The zero-order chi connectivity index (χ0) is 19.9. The maximum absolute atomic E-state index is 12.7. The van der Waals surface area contributed by atoms with Crippen molar-refractivity contribution in [2.75, 3.05) is 6.79 Å². The fraction of sp³-hybridized carbons (Fsp3) is 0.111. The predicted molar refractivity (Wildman–Crippen MR) is 104 cm³/mol. The summed E-state index contributed by atoms with van der Waals surface area (Å²) in [5, 5.41) is 5.21. The van der Waals surface area contributed by atoms with Crippen molar-refractivity contribution in [1.29, 1.82) is 0 Å². The summed E-state index contributed by atoms with van der Waals surface area (Å²) in [6.45, 7) is 4.25. The van der Waals surface area contributed by atoms with Crippen molar-refractivity contribution in [3.8, 4) is 11.5 Å². The normalized spacial score (nSPS) is 13.8. The number of fused-ring (bicyclic) bond motifs is 2. The molecule has 2 aromatic carbocycles. The van der Waals surface area contributed by atoms with E-state index >= 15 is 0 Å². The van der Waals surface area contributed by atoms with E-state index in [2.05, 4.69) is 11.6 Å². The Hall–Kier alpha value is -2.95. The highest BCUT2D eigenvalue weighted by Gasteiger charge is 2.17. The van der Waals surface area contributed by atoms with Gasteiger partial charge in [0.25, 0.3) is 5.91 Å². The summed E-state index contributed by atoms with van der Waals surface area (Å²) in [5.74, 6) is 0.624. The van der Waals surface area contributed by atoms with Gasteiger partial charge in [-0.2, -0.15) is 4.99 Å². The van der Waals surface area contributed by atoms with Crippen LogP contribution >= 0.6 is 11.3 Å². The van der Waals surface area contributed by atoms with Gasteiger partial charge in [-0.1, -0.05) is 17.4 Å². The van der Waals surface area contributed by atoms with Gasteiger partial charge in [0.1, 0.15) is 0 Å². The number of thiazole rings is 1. The van der Waals surface area contributed by atoms with Crippen LogP contribution in [-0.4, -0.2) is 25.7 Å². The first-order chi connectivity index (χ1) is 13.4. The number of aromatic nitrogens is 1. The average Bonchev–Trinajstić information content (AvgIpc) is 3.25. The minimum absolute atomic E-state index is 0.000602. The molecule has 1 aromatic heterocycles. The lowest BCUT2D eigenvalue weighted by molar-refractivity contribution is 0.0997. The highest BCUT2D eigenvalue weighted by molar-refractivity contribution is 7.89. The van der Waals surface area contributed by atoms with E-state index in [-0.39, 0.29) is 11.7 Å². The number of sulfonamides is 1. The molecule has 2 heterocycles. The second-order valence-corrected chi connectivity index (χ2v) is 8.51. The monoisotopic (exact) mass is 417 g/mol. The van der Waals surface area contributed by atoms with E-state index in [4.69, 9.17) is 14.6 Å². The van der Waals surface area contributed by atoms with E-state index in [9.17, 15) is 13.2 Å². The summed E-state index contributed by atoms with van der Waals surface area (Å²) < 4.78 is 36.2. The summed E-state index contributed by atoms with van der Waals surface area (Å²) in [5.41, 5.74) is 1.09. The molecule has 1 aliphatic rings. The first-order valence-corrected chi connectivity index (χ1v) is 10.5. The van der Waals surface area contributed by atoms with Crippen LogP contribution < -0.4 is 19.4 Å². The number of allylic oxidation sites excluding steroid dienone is 1. The molecule has 0 spiro atoms. The fourth-order valence-corrected chi connectivity index (χ4v) is 4.49. The van der Waals surface area contributed by atoms with Crippen LogP contribution in [0.15, 0.2) is 58.9 Å². The van der Waals surface area contributed by atoms with Crippen molar-refractivity contribution in [3.05, 3.63) is 59.4 Å². The van der Waals surface area contributed by atoms with Crippen LogP contribution in [0.1, 0.15) is 10.4 Å². The molecule has 2 N–H and O–H groups in total. The highest BCUT2D eigenvalue weighted by Crippen LogP contribution is 2.32. The molecular weight excluding hydrogens is 402 g/mol. The first kappa shape index (κ1) is 18.4. The first-order valence-electron chi connectivity index (χ1n) is 8.12. The summed E-state index contributed by atoms with van der Waals surface area (Å²) in [6, 6.07) is 9.39. The number of hydrogen-bond donors (Lipinski definition) is 1. The Labute approximate surface area is 164 Å². The highest BCUT2D eigenvalue weighted by atomic mass is 32.2. The average molecular weight is 417 g/mol. The number of primary sulfonamides is 1. The predicted octanol–water partition coefficient (Wildman–Crippen LogP) is 2.01. The molecule has 0 unspecified atom stereocenters. The number of ether oxygens (including phenoxy) is 2. The van der Waals surface area contributed by atoms with Gasteiger partial charge in [0.15, 0.2) is 16.3 Å². The maximum atomic E-state index is 12.7. The Balaban J connectivity index is 1.83. The molecule has 0 aliphatic carbocycles. The largest absolute Gasteiger partial charge is 0.454 e. The molecule has 8 nitrogen and oxygen atoms in total. The molecule has 0 saturated heterocycles. The zero-order valence-corrected chi connectivity index (χ0v) is 16.1. The fourth-order valence-electron chi connectivity index (χ4n) is 2.80. The van der Waals surface area contributed by atoms with E-state index in [1.54, 1.807) is 34.9 Å². The lowest BCUT2D eigenvalue weighted by Gasteiger charge is -2.02. The minimum Gasteiger partial charge on any atom is -0.454 e. The Morgan fingerprint density at radius 3 is 2.79 bits per heavy atom. The third kappa shape index (κ3) is 3.33. The summed E-state index contributed by atoms with van der Waals surface area (Å²) in [6.07, 6.45) is 1.67. The SMILES string of the molecule is C=CCn1c(=NC(=O)c2ccc3c(c2)OCO3)sc2cc(S(N)(=O)=O)ccc21. The number of carbonyl (C=O) groups is 1. The lowest BCUT2D eigenvalue weighted by Crippen LogP contribution is -2.16. The van der Waals surface area contributed by atoms with Gasteiger partial charge in [0.2, 0.25) is 16.8 Å². The van der Waals surface area contributed by atoms with Crippen LogP contribution in [0, 0.1) is 0 Å². The van der Waals surface area contributed by atoms with Crippen molar-refractivity contribution < 1.29 is 22.7 Å². The van der Waals surface area contributed by atoms with Gasteiger partial charge in [-0.3, -0.25) is 4.79 Å². The number of amides is 1. The van der Waals surface area contributed by atoms with Crippen LogP contribution in [0.5, 0.6) is 11.5 Å². The van der Waals surface area contributed by atoms with Gasteiger partial charge >= 0.3 is 0 Å². The maximum Gasteiger partial charge on any atom is 0.279 e. The van der Waals surface area contributed by atoms with E-state index in [1.165, 1.54) is 23.5 Å².